The van der Waals surface area contributed by atoms with Gasteiger partial charge in [0.05, 0.1) is 0 Å². The largest absolute Gasteiger partial charge is 0.328 e. The lowest BCUT2D eigenvalue weighted by Gasteiger charge is -2.40. The Hall–Kier alpha value is -0.180. The van der Waals surface area contributed by atoms with Gasteiger partial charge in [0.1, 0.15) is 12.3 Å². The molecule has 0 heterocycles. The fourth-order valence-electron chi connectivity index (χ4n) is 3.39. The Kier molecular flexibility index (Phi) is 3.83. The maximum atomic E-state index is 14.0. The van der Waals surface area contributed by atoms with Gasteiger partial charge in [-0.2, -0.15) is 0 Å². The third-order valence-corrected chi connectivity index (χ3v) is 4.63. The van der Waals surface area contributed by atoms with Gasteiger partial charge in [0.15, 0.2) is 0 Å². The van der Waals surface area contributed by atoms with Crippen molar-refractivity contribution in [2.24, 2.45) is 23.5 Å². The summed E-state index contributed by atoms with van der Waals surface area (Å²) in [6.45, 7) is 1.82. The van der Waals surface area contributed by atoms with Crippen LogP contribution in [0.3, 0.4) is 0 Å². The van der Waals surface area contributed by atoms with Crippen LogP contribution in [-0.2, 0) is 0 Å². The number of hydrogen-bond donors (Lipinski definition) is 1. The maximum absolute atomic E-state index is 14.0. The summed E-state index contributed by atoms with van der Waals surface area (Å²) >= 11 is 0. The van der Waals surface area contributed by atoms with E-state index in [1.807, 2.05) is 6.92 Å². The van der Waals surface area contributed by atoms with Gasteiger partial charge in [-0.1, -0.05) is 6.92 Å². The Bertz CT molecular complexity index is 226. The predicted molar refractivity (Wildman–Crippen MR) is 61.6 cm³/mol. The Labute approximate surface area is 96.8 Å². The van der Waals surface area contributed by atoms with Crippen LogP contribution in [0.15, 0.2) is 0 Å². The van der Waals surface area contributed by atoms with E-state index in [1.165, 1.54) is 0 Å². The van der Waals surface area contributed by atoms with E-state index in [9.17, 15) is 8.78 Å². The fourth-order valence-corrected chi connectivity index (χ4v) is 3.39. The van der Waals surface area contributed by atoms with Gasteiger partial charge < -0.3 is 5.73 Å². The normalized spacial score (nSPS) is 50.2. The van der Waals surface area contributed by atoms with Crippen molar-refractivity contribution in [2.75, 3.05) is 0 Å². The smallest absolute Gasteiger partial charge is 0.134 e. The average molecular weight is 231 g/mol. The number of hydrogen-bond acceptors (Lipinski definition) is 1. The number of rotatable bonds is 1. The minimum Gasteiger partial charge on any atom is -0.328 e. The molecule has 2 N–H and O–H groups in total. The molecule has 2 fully saturated rings. The Morgan fingerprint density at radius 3 is 2.12 bits per heavy atom. The van der Waals surface area contributed by atoms with Crippen LogP contribution in [0.25, 0.3) is 0 Å². The van der Waals surface area contributed by atoms with E-state index in [1.54, 1.807) is 0 Å². The molecule has 2 aliphatic rings. The summed E-state index contributed by atoms with van der Waals surface area (Å²) < 4.78 is 27.6. The zero-order valence-electron chi connectivity index (χ0n) is 10.0. The van der Waals surface area contributed by atoms with E-state index in [-0.39, 0.29) is 17.9 Å². The second kappa shape index (κ2) is 4.99. The third-order valence-electron chi connectivity index (χ3n) is 4.63. The maximum Gasteiger partial charge on any atom is 0.134 e. The third kappa shape index (κ3) is 2.39. The van der Waals surface area contributed by atoms with E-state index >= 15 is 0 Å². The van der Waals surface area contributed by atoms with Crippen molar-refractivity contribution in [3.8, 4) is 0 Å². The lowest BCUT2D eigenvalue weighted by atomic mass is 9.69. The minimum absolute atomic E-state index is 0.0429. The summed E-state index contributed by atoms with van der Waals surface area (Å²) in [4.78, 5) is 0. The Morgan fingerprint density at radius 2 is 1.50 bits per heavy atom. The van der Waals surface area contributed by atoms with Crippen LogP contribution in [-0.4, -0.2) is 18.4 Å². The summed E-state index contributed by atoms with van der Waals surface area (Å²) in [6, 6.07) is 0.290. The first-order valence-corrected chi connectivity index (χ1v) is 6.63. The van der Waals surface area contributed by atoms with Crippen LogP contribution in [0.4, 0.5) is 8.78 Å². The van der Waals surface area contributed by atoms with Crippen LogP contribution in [0.5, 0.6) is 0 Å². The molecule has 2 rings (SSSR count). The fraction of sp³-hybridized carbons (Fsp3) is 1.00. The van der Waals surface area contributed by atoms with Gasteiger partial charge >= 0.3 is 0 Å². The van der Waals surface area contributed by atoms with E-state index in [2.05, 4.69) is 0 Å². The zero-order valence-corrected chi connectivity index (χ0v) is 10.0. The topological polar surface area (TPSA) is 26.0 Å². The van der Waals surface area contributed by atoms with E-state index in [0.717, 1.165) is 38.5 Å². The monoisotopic (exact) mass is 231 g/mol. The highest BCUT2D eigenvalue weighted by molar-refractivity contribution is 4.91. The quantitative estimate of drug-likeness (QED) is 0.736. The SMILES string of the molecule is CC1CCC(C2CCC(N)CC2)C(F)C1F. The molecule has 0 aromatic heterocycles. The van der Waals surface area contributed by atoms with Crippen LogP contribution < -0.4 is 5.73 Å². The predicted octanol–water partition coefficient (Wildman–Crippen LogP) is 3.23. The van der Waals surface area contributed by atoms with Crippen molar-refractivity contribution in [1.29, 1.82) is 0 Å². The van der Waals surface area contributed by atoms with Crippen molar-refractivity contribution < 1.29 is 8.78 Å². The van der Waals surface area contributed by atoms with Crippen molar-refractivity contribution in [3.05, 3.63) is 0 Å². The minimum atomic E-state index is -1.24. The molecule has 0 amide bonds. The average Bonchev–Trinajstić information content (AvgIpc) is 2.28. The van der Waals surface area contributed by atoms with Crippen LogP contribution in [0.2, 0.25) is 0 Å². The molecule has 0 aromatic carbocycles. The lowest BCUT2D eigenvalue weighted by molar-refractivity contribution is -0.00399. The second-order valence-electron chi connectivity index (χ2n) is 5.78. The highest BCUT2D eigenvalue weighted by atomic mass is 19.2. The first-order chi connectivity index (χ1) is 7.59. The van der Waals surface area contributed by atoms with Crippen molar-refractivity contribution >= 4 is 0 Å². The molecule has 16 heavy (non-hydrogen) atoms. The van der Waals surface area contributed by atoms with Gasteiger partial charge in [0.2, 0.25) is 0 Å². The number of alkyl halides is 2. The molecule has 0 bridgehead atoms. The molecule has 0 aliphatic heterocycles. The molecule has 4 atom stereocenters. The number of nitrogens with two attached hydrogens (primary N) is 1. The molecule has 4 unspecified atom stereocenters. The molecule has 2 aliphatic carbocycles. The lowest BCUT2D eigenvalue weighted by Crippen LogP contribution is -2.42. The summed E-state index contributed by atoms with van der Waals surface area (Å²) in [6.07, 6.45) is 3.19. The molecule has 2 saturated carbocycles. The van der Waals surface area contributed by atoms with Gasteiger partial charge in [-0.3, -0.25) is 0 Å². The van der Waals surface area contributed by atoms with Crippen LogP contribution in [0, 0.1) is 17.8 Å². The second-order valence-corrected chi connectivity index (χ2v) is 5.78. The first-order valence-electron chi connectivity index (χ1n) is 6.63. The molecule has 0 spiro atoms. The summed E-state index contributed by atoms with van der Waals surface area (Å²) in [5, 5.41) is 0. The van der Waals surface area contributed by atoms with Gasteiger partial charge in [0.25, 0.3) is 0 Å². The van der Waals surface area contributed by atoms with Crippen molar-refractivity contribution in [2.45, 2.75) is 63.8 Å². The van der Waals surface area contributed by atoms with E-state index in [4.69, 9.17) is 5.73 Å². The van der Waals surface area contributed by atoms with Crippen LogP contribution >= 0.6 is 0 Å². The van der Waals surface area contributed by atoms with E-state index < -0.39 is 12.3 Å². The summed E-state index contributed by atoms with van der Waals surface area (Å²) in [5.41, 5.74) is 5.84. The molecule has 1 nitrogen and oxygen atoms in total. The highest BCUT2D eigenvalue weighted by Gasteiger charge is 2.42. The van der Waals surface area contributed by atoms with Gasteiger partial charge in [-0.25, -0.2) is 8.78 Å². The Balaban J connectivity index is 1.94. The molecule has 0 radical (unpaired) electrons. The summed E-state index contributed by atoms with van der Waals surface area (Å²) in [7, 11) is 0. The molecular formula is C13H23F2N. The number of halogens is 2. The zero-order chi connectivity index (χ0) is 11.7. The first kappa shape index (κ1) is 12.3. The van der Waals surface area contributed by atoms with E-state index in [0.29, 0.717) is 5.92 Å². The van der Waals surface area contributed by atoms with Gasteiger partial charge in [-0.15, -0.1) is 0 Å². The van der Waals surface area contributed by atoms with Gasteiger partial charge in [-0.05, 0) is 56.3 Å². The molecule has 0 saturated heterocycles. The van der Waals surface area contributed by atoms with Crippen LogP contribution in [0.1, 0.15) is 45.4 Å². The van der Waals surface area contributed by atoms with Crippen molar-refractivity contribution in [3.63, 3.8) is 0 Å². The Morgan fingerprint density at radius 1 is 0.875 bits per heavy atom. The molecule has 94 valence electrons. The van der Waals surface area contributed by atoms with Crippen molar-refractivity contribution in [1.82, 2.24) is 0 Å². The molecule has 0 aromatic rings. The van der Waals surface area contributed by atoms with Gasteiger partial charge in [0, 0.05) is 6.04 Å². The molecular weight excluding hydrogens is 208 g/mol. The highest BCUT2D eigenvalue weighted by Crippen LogP contribution is 2.42. The molecule has 3 heteroatoms. The summed E-state index contributed by atoms with van der Waals surface area (Å²) in [5.74, 6) is 0.233. The standard InChI is InChI=1S/C13H23F2N/c1-8-2-7-11(13(15)12(8)14)9-3-5-10(16)6-4-9/h8-13H,2-7,16H2,1H3.